The number of carbonyl (C=O) groups excluding carboxylic acids is 1. The van der Waals surface area contributed by atoms with Crippen molar-refractivity contribution in [3.05, 3.63) is 89.5 Å². The molecule has 4 rings (SSSR count). The van der Waals surface area contributed by atoms with E-state index in [0.29, 0.717) is 0 Å². The van der Waals surface area contributed by atoms with Gasteiger partial charge in [0, 0.05) is 0 Å². The molecule has 0 saturated carbocycles. The number of allylic oxidation sites excluding steroid dienone is 2. The minimum atomic E-state index is -0.184. The predicted octanol–water partition coefficient (Wildman–Crippen LogP) is 5.22. The van der Waals surface area contributed by atoms with Crippen molar-refractivity contribution in [2.45, 2.75) is 0 Å². The monoisotopic (exact) mass is 296 g/mol. The third kappa shape index (κ3) is 2.51. The second kappa shape index (κ2) is 5.69. The molecular weight excluding hydrogens is 280 g/mol. The second-order valence-corrected chi connectivity index (χ2v) is 5.81. The van der Waals surface area contributed by atoms with Crippen molar-refractivity contribution in [3.8, 4) is 0 Å². The number of hydrogen-bond acceptors (Lipinski definition) is 1. The summed E-state index contributed by atoms with van der Waals surface area (Å²) in [5.74, 6) is -0.184. The molecule has 0 aliphatic heterocycles. The third-order valence-electron chi connectivity index (χ3n) is 4.36. The predicted molar refractivity (Wildman–Crippen MR) is 96.8 cm³/mol. The highest BCUT2D eigenvalue weighted by Gasteiger charge is 2.18. The van der Waals surface area contributed by atoms with E-state index >= 15 is 0 Å². The van der Waals surface area contributed by atoms with Crippen molar-refractivity contribution < 1.29 is 4.79 Å². The topological polar surface area (TPSA) is 17.1 Å². The molecule has 0 saturated heterocycles. The maximum Gasteiger partial charge on any atom is 0.131 e. The van der Waals surface area contributed by atoms with Crippen LogP contribution in [0.1, 0.15) is 16.7 Å². The highest BCUT2D eigenvalue weighted by molar-refractivity contribution is 5.98. The van der Waals surface area contributed by atoms with Crippen molar-refractivity contribution in [3.63, 3.8) is 0 Å². The smallest absolute Gasteiger partial charge is 0.131 e. The van der Waals surface area contributed by atoms with Gasteiger partial charge in [-0.15, -0.1) is 0 Å². The summed E-state index contributed by atoms with van der Waals surface area (Å²) in [7, 11) is 0. The summed E-state index contributed by atoms with van der Waals surface area (Å²) in [4.78, 5) is 11.5. The number of fused-ring (bicyclic) bond motifs is 2. The standard InChI is InChI=1S/C22H16O/c23-15-20-12-11-18-6-3-4-8-21(18)22(20)14-16-9-10-17-5-1-2-7-19(17)13-16/h1-15,20H. The van der Waals surface area contributed by atoms with Gasteiger partial charge in [-0.2, -0.15) is 0 Å². The molecule has 1 aliphatic rings. The molecule has 0 fully saturated rings. The molecule has 1 unspecified atom stereocenters. The van der Waals surface area contributed by atoms with E-state index in [9.17, 15) is 4.79 Å². The van der Waals surface area contributed by atoms with Gasteiger partial charge in [-0.1, -0.05) is 78.9 Å². The van der Waals surface area contributed by atoms with Gasteiger partial charge in [-0.05, 0) is 39.1 Å². The molecule has 0 N–H and O–H groups in total. The molecular formula is C22H16O. The van der Waals surface area contributed by atoms with Crippen LogP contribution in [0.3, 0.4) is 0 Å². The molecule has 1 heteroatoms. The van der Waals surface area contributed by atoms with E-state index < -0.39 is 0 Å². The molecule has 23 heavy (non-hydrogen) atoms. The Morgan fingerprint density at radius 2 is 1.61 bits per heavy atom. The van der Waals surface area contributed by atoms with Crippen LogP contribution in [0.4, 0.5) is 0 Å². The summed E-state index contributed by atoms with van der Waals surface area (Å²) in [6.07, 6.45) is 7.15. The molecule has 0 aromatic heterocycles. The normalized spacial score (nSPS) is 18.1. The minimum Gasteiger partial charge on any atom is -0.302 e. The van der Waals surface area contributed by atoms with Crippen LogP contribution in [-0.4, -0.2) is 6.29 Å². The fourth-order valence-corrected chi connectivity index (χ4v) is 3.17. The van der Waals surface area contributed by atoms with E-state index in [-0.39, 0.29) is 5.92 Å². The van der Waals surface area contributed by atoms with Gasteiger partial charge in [0.15, 0.2) is 0 Å². The molecule has 110 valence electrons. The Kier molecular flexibility index (Phi) is 3.39. The second-order valence-electron chi connectivity index (χ2n) is 5.81. The lowest BCUT2D eigenvalue weighted by atomic mass is 9.84. The van der Waals surface area contributed by atoms with E-state index in [1.54, 1.807) is 0 Å². The first-order valence-electron chi connectivity index (χ1n) is 7.78. The van der Waals surface area contributed by atoms with Gasteiger partial charge in [0.1, 0.15) is 6.29 Å². The lowest BCUT2D eigenvalue weighted by Gasteiger charge is -2.19. The fourth-order valence-electron chi connectivity index (χ4n) is 3.17. The number of hydrogen-bond donors (Lipinski definition) is 0. The molecule has 0 spiro atoms. The Morgan fingerprint density at radius 3 is 2.48 bits per heavy atom. The van der Waals surface area contributed by atoms with Crippen LogP contribution in [0.25, 0.3) is 28.5 Å². The molecule has 0 radical (unpaired) electrons. The molecule has 1 atom stereocenters. The van der Waals surface area contributed by atoms with Crippen LogP contribution < -0.4 is 0 Å². The van der Waals surface area contributed by atoms with E-state index in [4.69, 9.17) is 0 Å². The molecule has 3 aromatic carbocycles. The maximum absolute atomic E-state index is 11.5. The lowest BCUT2D eigenvalue weighted by molar-refractivity contribution is -0.108. The zero-order valence-electron chi connectivity index (χ0n) is 12.6. The summed E-state index contributed by atoms with van der Waals surface area (Å²) < 4.78 is 0. The molecule has 1 nitrogen and oxygen atoms in total. The average Bonchev–Trinajstić information content (AvgIpc) is 2.62. The Balaban J connectivity index is 1.87. The van der Waals surface area contributed by atoms with Crippen LogP contribution in [0.2, 0.25) is 0 Å². The number of aldehydes is 1. The third-order valence-corrected chi connectivity index (χ3v) is 4.36. The van der Waals surface area contributed by atoms with E-state index in [2.05, 4.69) is 48.5 Å². The highest BCUT2D eigenvalue weighted by atomic mass is 16.1. The number of rotatable bonds is 2. The van der Waals surface area contributed by atoms with Gasteiger partial charge in [0.2, 0.25) is 0 Å². The maximum atomic E-state index is 11.5. The molecule has 3 aromatic rings. The van der Waals surface area contributed by atoms with Crippen LogP contribution in [0.5, 0.6) is 0 Å². The van der Waals surface area contributed by atoms with Crippen molar-refractivity contribution in [1.29, 1.82) is 0 Å². The SMILES string of the molecule is O=CC1C=Cc2ccccc2C1=Cc1ccc2ccccc2c1. The van der Waals surface area contributed by atoms with Crippen LogP contribution in [0, 0.1) is 5.92 Å². The Labute approximate surface area is 135 Å². The fraction of sp³-hybridized carbons (Fsp3) is 0.0455. The summed E-state index contributed by atoms with van der Waals surface area (Å²) >= 11 is 0. The first kappa shape index (κ1) is 13.7. The first-order valence-corrected chi connectivity index (χ1v) is 7.78. The number of benzene rings is 3. The first-order chi connectivity index (χ1) is 11.3. The zero-order chi connectivity index (χ0) is 15.6. The van der Waals surface area contributed by atoms with Gasteiger partial charge in [0.05, 0.1) is 5.92 Å². The van der Waals surface area contributed by atoms with Gasteiger partial charge in [-0.3, -0.25) is 0 Å². The zero-order valence-corrected chi connectivity index (χ0v) is 12.6. The summed E-state index contributed by atoms with van der Waals surface area (Å²) in [6.45, 7) is 0. The van der Waals surface area contributed by atoms with Crippen molar-refractivity contribution >= 4 is 34.8 Å². The molecule has 1 aliphatic carbocycles. The average molecular weight is 296 g/mol. The van der Waals surface area contributed by atoms with E-state index in [1.807, 2.05) is 36.4 Å². The lowest BCUT2D eigenvalue weighted by Crippen LogP contribution is -2.07. The van der Waals surface area contributed by atoms with Crippen LogP contribution in [0.15, 0.2) is 72.8 Å². The molecule has 0 bridgehead atoms. The summed E-state index contributed by atoms with van der Waals surface area (Å²) in [5.41, 5.74) is 4.49. The quantitative estimate of drug-likeness (QED) is 0.592. The van der Waals surface area contributed by atoms with Gasteiger partial charge >= 0.3 is 0 Å². The van der Waals surface area contributed by atoms with E-state index in [1.165, 1.54) is 10.8 Å². The Bertz CT molecular complexity index is 947. The summed E-state index contributed by atoms with van der Waals surface area (Å²) in [5, 5.41) is 2.44. The Hall–Kier alpha value is -2.93. The van der Waals surface area contributed by atoms with Crippen molar-refractivity contribution in [2.75, 3.05) is 0 Å². The largest absolute Gasteiger partial charge is 0.302 e. The summed E-state index contributed by atoms with van der Waals surface area (Å²) in [6, 6.07) is 22.9. The van der Waals surface area contributed by atoms with E-state index in [0.717, 1.165) is 28.5 Å². The van der Waals surface area contributed by atoms with Crippen molar-refractivity contribution in [2.24, 2.45) is 5.92 Å². The number of carbonyl (C=O) groups is 1. The molecule has 0 heterocycles. The Morgan fingerprint density at radius 1 is 0.826 bits per heavy atom. The van der Waals surface area contributed by atoms with Gasteiger partial charge in [0.25, 0.3) is 0 Å². The molecule has 0 amide bonds. The van der Waals surface area contributed by atoms with Gasteiger partial charge < -0.3 is 4.79 Å². The highest BCUT2D eigenvalue weighted by Crippen LogP contribution is 2.34. The van der Waals surface area contributed by atoms with Crippen LogP contribution in [-0.2, 0) is 4.79 Å². The van der Waals surface area contributed by atoms with Crippen LogP contribution >= 0.6 is 0 Å². The van der Waals surface area contributed by atoms with Gasteiger partial charge in [-0.25, -0.2) is 0 Å². The minimum absolute atomic E-state index is 0.184. The van der Waals surface area contributed by atoms with Crippen molar-refractivity contribution in [1.82, 2.24) is 0 Å².